The number of benzene rings is 2. The van der Waals surface area contributed by atoms with Gasteiger partial charge in [0.25, 0.3) is 10.0 Å². The molecule has 1 heterocycles. The Labute approximate surface area is 232 Å². The zero-order chi connectivity index (χ0) is 29.3. The molecule has 0 aliphatic heterocycles. The Kier molecular flexibility index (Phi) is 8.54. The molecule has 0 radical (unpaired) electrons. The highest BCUT2D eigenvalue weighted by atomic mass is 35.5. The van der Waals surface area contributed by atoms with Crippen LogP contribution in [0, 0.1) is 5.41 Å². The van der Waals surface area contributed by atoms with Gasteiger partial charge in [0, 0.05) is 11.6 Å². The minimum absolute atomic E-state index is 0.0461. The lowest BCUT2D eigenvalue weighted by atomic mass is 9.95. The number of rotatable bonds is 7. The molecule has 3 rings (SSSR count). The lowest BCUT2D eigenvalue weighted by Gasteiger charge is -2.20. The second-order valence-corrected chi connectivity index (χ2v) is 11.7. The number of pyridine rings is 1. The molecule has 3 aromatic rings. The van der Waals surface area contributed by atoms with Crippen LogP contribution < -0.4 is 14.8 Å². The molecule has 8 nitrogen and oxygen atoms in total. The summed E-state index contributed by atoms with van der Waals surface area (Å²) in [5.74, 6) is -1.24. The van der Waals surface area contributed by atoms with Gasteiger partial charge in [0.1, 0.15) is 11.4 Å². The van der Waals surface area contributed by atoms with Gasteiger partial charge in [0.2, 0.25) is 11.7 Å². The molecule has 0 unspecified atom stereocenters. The molecule has 39 heavy (non-hydrogen) atoms. The number of nitrogens with zero attached hydrogens (tertiary/aromatic N) is 1. The fourth-order valence-electron chi connectivity index (χ4n) is 3.26. The van der Waals surface area contributed by atoms with Crippen LogP contribution in [-0.2, 0) is 21.0 Å². The molecule has 0 aliphatic rings. The van der Waals surface area contributed by atoms with Crippen molar-refractivity contribution in [3.8, 4) is 5.75 Å². The Morgan fingerprint density at radius 1 is 1.00 bits per heavy atom. The number of ketones is 1. The summed E-state index contributed by atoms with van der Waals surface area (Å²) in [5, 5.41) is 1.89. The highest BCUT2D eigenvalue weighted by Crippen LogP contribution is 2.37. The highest BCUT2D eigenvalue weighted by molar-refractivity contribution is 7.92. The number of amides is 1. The number of alkyl halides is 3. The summed E-state index contributed by atoms with van der Waals surface area (Å²) in [6.45, 7) is 5.00. The summed E-state index contributed by atoms with van der Waals surface area (Å²) in [6.07, 6.45) is -3.83. The van der Waals surface area contributed by atoms with E-state index in [4.69, 9.17) is 27.9 Å². The van der Waals surface area contributed by atoms with Crippen molar-refractivity contribution in [2.24, 2.45) is 5.41 Å². The maximum absolute atomic E-state index is 13.7. The van der Waals surface area contributed by atoms with Crippen LogP contribution >= 0.6 is 23.2 Å². The first-order valence-corrected chi connectivity index (χ1v) is 13.3. The Morgan fingerprint density at radius 2 is 1.67 bits per heavy atom. The maximum Gasteiger partial charge on any atom is 0.417 e. The minimum Gasteiger partial charge on any atom is -0.496 e. The Hall–Kier alpha value is -3.35. The smallest absolute Gasteiger partial charge is 0.417 e. The zero-order valence-corrected chi connectivity index (χ0v) is 23.2. The molecule has 14 heteroatoms. The van der Waals surface area contributed by atoms with Crippen LogP contribution in [0.15, 0.2) is 53.6 Å². The van der Waals surface area contributed by atoms with E-state index in [1.165, 1.54) is 25.3 Å². The first-order valence-electron chi connectivity index (χ1n) is 11.0. The molecule has 1 aromatic heterocycles. The van der Waals surface area contributed by atoms with Crippen LogP contribution in [0.2, 0.25) is 10.0 Å². The van der Waals surface area contributed by atoms with Crippen LogP contribution in [0.5, 0.6) is 5.75 Å². The van der Waals surface area contributed by atoms with Gasteiger partial charge in [-0.3, -0.25) is 14.3 Å². The van der Waals surface area contributed by atoms with E-state index >= 15 is 0 Å². The number of anilines is 2. The van der Waals surface area contributed by atoms with Crippen molar-refractivity contribution >= 4 is 56.3 Å². The largest absolute Gasteiger partial charge is 0.496 e. The van der Waals surface area contributed by atoms with E-state index in [-0.39, 0.29) is 22.0 Å². The van der Waals surface area contributed by atoms with Gasteiger partial charge < -0.3 is 10.1 Å². The normalized spacial score (nSPS) is 12.1. The van der Waals surface area contributed by atoms with Crippen molar-refractivity contribution in [2.45, 2.75) is 31.8 Å². The van der Waals surface area contributed by atoms with E-state index in [1.807, 2.05) is 0 Å². The van der Waals surface area contributed by atoms with Gasteiger partial charge in [-0.05, 0) is 36.4 Å². The Morgan fingerprint density at radius 3 is 2.26 bits per heavy atom. The first-order chi connectivity index (χ1) is 18.0. The van der Waals surface area contributed by atoms with Crippen LogP contribution in [0.25, 0.3) is 0 Å². The first kappa shape index (κ1) is 30.2. The SMILES string of the molecule is COc1cccc(NC(=O)C(C)(C)C)c1C(=O)c1ncc(Cl)cc1NS(=O)(=O)c1ccc(Cl)c(C(F)(F)F)c1. The number of carbonyl (C=O) groups excluding carboxylic acids is 2. The van der Waals surface area contributed by atoms with Crippen molar-refractivity contribution in [2.75, 3.05) is 17.1 Å². The molecule has 0 spiro atoms. The second-order valence-electron chi connectivity index (χ2n) is 9.21. The summed E-state index contributed by atoms with van der Waals surface area (Å²) in [6, 6.07) is 7.54. The summed E-state index contributed by atoms with van der Waals surface area (Å²) >= 11 is 11.6. The minimum atomic E-state index is -4.92. The number of aromatic nitrogens is 1. The zero-order valence-electron chi connectivity index (χ0n) is 20.9. The van der Waals surface area contributed by atoms with Crippen molar-refractivity contribution < 1.29 is 35.9 Å². The molecule has 0 fully saturated rings. The fourth-order valence-corrected chi connectivity index (χ4v) is 4.72. The molecule has 0 aliphatic carbocycles. The summed E-state index contributed by atoms with van der Waals surface area (Å²) < 4.78 is 73.5. The predicted molar refractivity (Wildman–Crippen MR) is 141 cm³/mol. The summed E-state index contributed by atoms with van der Waals surface area (Å²) in [4.78, 5) is 29.6. The number of methoxy groups -OCH3 is 1. The molecule has 2 N–H and O–H groups in total. The summed E-state index contributed by atoms with van der Waals surface area (Å²) in [7, 11) is -3.40. The van der Waals surface area contributed by atoms with E-state index in [2.05, 4.69) is 15.0 Å². The number of sulfonamides is 1. The molecule has 0 atom stereocenters. The standard InChI is InChI=1S/C25H22Cl2F3N3O5S/c1-24(2,3)23(35)32-17-6-5-7-19(38-4)20(17)22(34)21-18(10-13(26)12-31-21)33-39(36,37)14-8-9-16(27)15(11-14)25(28,29)30/h5-12,33H,1-4H3,(H,32,35). The van der Waals surface area contributed by atoms with E-state index in [0.29, 0.717) is 6.07 Å². The average molecular weight is 604 g/mol. The van der Waals surface area contributed by atoms with Crippen molar-refractivity contribution in [3.05, 3.63) is 75.5 Å². The van der Waals surface area contributed by atoms with Gasteiger partial charge >= 0.3 is 6.18 Å². The van der Waals surface area contributed by atoms with Crippen LogP contribution in [-0.4, -0.2) is 32.2 Å². The second kappa shape index (κ2) is 11.0. The van der Waals surface area contributed by atoms with E-state index in [9.17, 15) is 31.2 Å². The number of carbonyl (C=O) groups is 2. The molecule has 1 amide bonds. The average Bonchev–Trinajstić information content (AvgIpc) is 2.82. The van der Waals surface area contributed by atoms with Crippen LogP contribution in [0.4, 0.5) is 24.5 Å². The lowest BCUT2D eigenvalue weighted by Crippen LogP contribution is -2.28. The predicted octanol–water partition coefficient (Wildman–Crippen LogP) is 6.43. The van der Waals surface area contributed by atoms with Crippen molar-refractivity contribution in [3.63, 3.8) is 0 Å². The number of hydrogen-bond donors (Lipinski definition) is 2. The lowest BCUT2D eigenvalue weighted by molar-refractivity contribution is -0.137. The Bertz CT molecular complexity index is 1560. The molecule has 0 saturated carbocycles. The van der Waals surface area contributed by atoms with Gasteiger partial charge in [0.15, 0.2) is 0 Å². The third-order valence-electron chi connectivity index (χ3n) is 5.27. The molecule has 0 bridgehead atoms. The van der Waals surface area contributed by atoms with Gasteiger partial charge in [0.05, 0.1) is 44.6 Å². The monoisotopic (exact) mass is 603 g/mol. The third-order valence-corrected chi connectivity index (χ3v) is 7.17. The molecular formula is C25H22Cl2F3N3O5S. The summed E-state index contributed by atoms with van der Waals surface area (Å²) in [5.41, 5.74) is -3.13. The van der Waals surface area contributed by atoms with Crippen LogP contribution in [0.3, 0.4) is 0 Å². The fraction of sp³-hybridized carbons (Fsp3) is 0.240. The van der Waals surface area contributed by atoms with E-state index < -0.39 is 60.2 Å². The third kappa shape index (κ3) is 6.81. The van der Waals surface area contributed by atoms with Gasteiger partial charge in [-0.2, -0.15) is 13.2 Å². The molecule has 208 valence electrons. The number of nitrogens with one attached hydrogen (secondary N) is 2. The number of halogens is 5. The molecule has 0 saturated heterocycles. The van der Waals surface area contributed by atoms with Gasteiger partial charge in [-0.1, -0.05) is 50.0 Å². The number of hydrogen-bond acceptors (Lipinski definition) is 6. The van der Waals surface area contributed by atoms with E-state index in [1.54, 1.807) is 20.8 Å². The van der Waals surface area contributed by atoms with Gasteiger partial charge in [-0.15, -0.1) is 0 Å². The van der Waals surface area contributed by atoms with Crippen molar-refractivity contribution in [1.29, 1.82) is 0 Å². The van der Waals surface area contributed by atoms with Crippen LogP contribution in [0.1, 0.15) is 42.4 Å². The topological polar surface area (TPSA) is 114 Å². The maximum atomic E-state index is 13.7. The molecule has 2 aromatic carbocycles. The van der Waals surface area contributed by atoms with Crippen molar-refractivity contribution in [1.82, 2.24) is 4.98 Å². The van der Waals surface area contributed by atoms with Gasteiger partial charge in [-0.25, -0.2) is 13.4 Å². The quantitative estimate of drug-likeness (QED) is 0.301. The van der Waals surface area contributed by atoms with E-state index in [0.717, 1.165) is 24.4 Å². The highest BCUT2D eigenvalue weighted by Gasteiger charge is 2.35. The number of ether oxygens (including phenoxy) is 1. The Balaban J connectivity index is 2.12. The molecular weight excluding hydrogens is 582 g/mol.